The average molecular weight is 267 g/mol. The lowest BCUT2D eigenvalue weighted by Gasteiger charge is -2.16. The first-order valence-electron chi connectivity index (χ1n) is 5.59. The van der Waals surface area contributed by atoms with Crippen molar-refractivity contribution in [3.8, 4) is 6.07 Å². The number of nitrogens with one attached hydrogen (secondary N) is 1. The first-order valence-corrected chi connectivity index (χ1v) is 7.03. The Morgan fingerprint density at radius 3 is 2.50 bits per heavy atom. The molecule has 0 atom stereocenters. The third-order valence-corrected chi connectivity index (χ3v) is 4.04. The zero-order chi connectivity index (χ0) is 13.6. The van der Waals surface area contributed by atoms with Crippen LogP contribution in [-0.2, 0) is 16.8 Å². The van der Waals surface area contributed by atoms with Crippen LogP contribution in [0.4, 0.5) is 0 Å². The summed E-state index contributed by atoms with van der Waals surface area (Å²) in [7, 11) is -2.06. The molecule has 1 aromatic carbocycles. The third kappa shape index (κ3) is 4.45. The smallest absolute Gasteiger partial charge is 0.198 e. The Hall–Kier alpha value is -1.42. The monoisotopic (exact) mass is 267 g/mol. The number of nitrogens with zero attached hydrogens (tertiary/aromatic N) is 2. The van der Waals surface area contributed by atoms with Crippen molar-refractivity contribution in [2.75, 3.05) is 13.6 Å². The van der Waals surface area contributed by atoms with Crippen LogP contribution in [0.2, 0.25) is 0 Å². The van der Waals surface area contributed by atoms with Crippen molar-refractivity contribution in [1.29, 1.82) is 5.26 Å². The third-order valence-electron chi connectivity index (χ3n) is 2.53. The molecule has 1 N–H and O–H groups in total. The van der Waals surface area contributed by atoms with Gasteiger partial charge >= 0.3 is 0 Å². The molecule has 0 aliphatic carbocycles. The molecule has 0 saturated heterocycles. The molecule has 0 aliphatic heterocycles. The Morgan fingerprint density at radius 2 is 1.94 bits per heavy atom. The number of hydrogen-bond acceptors (Lipinski definition) is 3. The van der Waals surface area contributed by atoms with Gasteiger partial charge in [0.2, 0.25) is 0 Å². The molecule has 0 amide bonds. The zero-order valence-electron chi connectivity index (χ0n) is 10.5. The topological polar surface area (TPSA) is 73.2 Å². The van der Waals surface area contributed by atoms with Gasteiger partial charge in [0.15, 0.2) is 0 Å². The van der Waals surface area contributed by atoms with Gasteiger partial charge in [0.1, 0.15) is 0 Å². The summed E-state index contributed by atoms with van der Waals surface area (Å²) < 4.78 is 27.2. The second kappa shape index (κ2) is 6.50. The molecule has 6 heteroatoms. The van der Waals surface area contributed by atoms with E-state index in [0.717, 1.165) is 15.4 Å². The van der Waals surface area contributed by atoms with Crippen LogP contribution < -0.4 is 4.72 Å². The molecule has 0 aromatic heterocycles. The standard InChI is InChI=1S/C12H17N3O2S/c1-11-4-6-12(7-5-11)10-14-18(16,17)15(2)9-3-8-13/h4-7,14H,3,9-10H2,1-2H3. The average Bonchev–Trinajstić information content (AvgIpc) is 2.35. The molecule has 0 heterocycles. The lowest BCUT2D eigenvalue weighted by molar-refractivity contribution is 0.464. The second-order valence-electron chi connectivity index (χ2n) is 4.04. The molecule has 1 rings (SSSR count). The maximum absolute atomic E-state index is 11.8. The minimum absolute atomic E-state index is 0.182. The molecular formula is C12H17N3O2S. The van der Waals surface area contributed by atoms with E-state index in [1.54, 1.807) is 0 Å². The fourth-order valence-corrected chi connectivity index (χ4v) is 2.22. The highest BCUT2D eigenvalue weighted by molar-refractivity contribution is 7.87. The van der Waals surface area contributed by atoms with Crippen molar-refractivity contribution in [2.24, 2.45) is 0 Å². The minimum Gasteiger partial charge on any atom is -0.198 e. The predicted molar refractivity (Wildman–Crippen MR) is 69.8 cm³/mol. The van der Waals surface area contributed by atoms with Gasteiger partial charge in [-0.15, -0.1) is 0 Å². The van der Waals surface area contributed by atoms with Gasteiger partial charge in [-0.2, -0.15) is 22.7 Å². The molecule has 1 aromatic rings. The van der Waals surface area contributed by atoms with Crippen molar-refractivity contribution in [2.45, 2.75) is 19.9 Å². The summed E-state index contributed by atoms with van der Waals surface area (Å²) in [5.74, 6) is 0. The first-order chi connectivity index (χ1) is 8.45. The normalized spacial score (nSPS) is 11.4. The maximum atomic E-state index is 11.8. The molecule has 0 unspecified atom stereocenters. The molecule has 0 bridgehead atoms. The lowest BCUT2D eigenvalue weighted by Crippen LogP contribution is -2.38. The molecular weight excluding hydrogens is 250 g/mol. The molecule has 98 valence electrons. The summed E-state index contributed by atoms with van der Waals surface area (Å²) in [5, 5.41) is 8.42. The van der Waals surface area contributed by atoms with E-state index in [4.69, 9.17) is 5.26 Å². The van der Waals surface area contributed by atoms with E-state index in [9.17, 15) is 8.42 Å². The zero-order valence-corrected chi connectivity index (χ0v) is 11.4. The number of rotatable bonds is 6. The Bertz CT molecular complexity index is 517. The van der Waals surface area contributed by atoms with Crippen LogP contribution in [-0.4, -0.2) is 26.3 Å². The summed E-state index contributed by atoms with van der Waals surface area (Å²) in [5.41, 5.74) is 2.03. The fraction of sp³-hybridized carbons (Fsp3) is 0.417. The summed E-state index contributed by atoms with van der Waals surface area (Å²) >= 11 is 0. The Morgan fingerprint density at radius 1 is 1.33 bits per heavy atom. The molecule has 0 fully saturated rings. The summed E-state index contributed by atoms with van der Waals surface area (Å²) in [6.07, 6.45) is 0.182. The van der Waals surface area contributed by atoms with Gasteiger partial charge in [0, 0.05) is 26.6 Å². The van der Waals surface area contributed by atoms with E-state index in [-0.39, 0.29) is 19.5 Å². The fourth-order valence-electron chi connectivity index (χ4n) is 1.32. The van der Waals surface area contributed by atoms with Gasteiger partial charge < -0.3 is 0 Å². The van der Waals surface area contributed by atoms with Gasteiger partial charge in [0.25, 0.3) is 10.2 Å². The lowest BCUT2D eigenvalue weighted by atomic mass is 10.2. The summed E-state index contributed by atoms with van der Waals surface area (Å²) in [4.78, 5) is 0. The minimum atomic E-state index is -3.51. The van der Waals surface area contributed by atoms with Crippen molar-refractivity contribution < 1.29 is 8.42 Å². The first kappa shape index (κ1) is 14.6. The van der Waals surface area contributed by atoms with E-state index in [1.165, 1.54) is 7.05 Å². The number of nitriles is 1. The Balaban J connectivity index is 2.56. The number of benzene rings is 1. The van der Waals surface area contributed by atoms with Gasteiger partial charge in [-0.3, -0.25) is 0 Å². The second-order valence-corrected chi connectivity index (χ2v) is 5.90. The Labute approximate surface area is 108 Å². The van der Waals surface area contributed by atoms with Crippen molar-refractivity contribution in [3.63, 3.8) is 0 Å². The van der Waals surface area contributed by atoms with Crippen molar-refractivity contribution in [1.82, 2.24) is 9.03 Å². The molecule has 0 spiro atoms. The van der Waals surface area contributed by atoms with Crippen LogP contribution in [0.15, 0.2) is 24.3 Å². The van der Waals surface area contributed by atoms with Crippen LogP contribution in [0.5, 0.6) is 0 Å². The van der Waals surface area contributed by atoms with E-state index < -0.39 is 10.2 Å². The summed E-state index contributed by atoms with van der Waals surface area (Å²) in [6, 6.07) is 9.55. The molecule has 0 radical (unpaired) electrons. The molecule has 0 saturated carbocycles. The van der Waals surface area contributed by atoms with E-state index in [2.05, 4.69) is 4.72 Å². The van der Waals surface area contributed by atoms with Crippen LogP contribution in [0, 0.1) is 18.3 Å². The van der Waals surface area contributed by atoms with Crippen molar-refractivity contribution >= 4 is 10.2 Å². The van der Waals surface area contributed by atoms with E-state index in [1.807, 2.05) is 37.3 Å². The van der Waals surface area contributed by atoms with Crippen molar-refractivity contribution in [3.05, 3.63) is 35.4 Å². The van der Waals surface area contributed by atoms with Gasteiger partial charge in [-0.1, -0.05) is 29.8 Å². The van der Waals surface area contributed by atoms with Crippen LogP contribution in [0.25, 0.3) is 0 Å². The molecule has 0 aliphatic rings. The SMILES string of the molecule is Cc1ccc(CNS(=O)(=O)N(C)CCC#N)cc1. The van der Waals surface area contributed by atoms with Gasteiger partial charge in [-0.25, -0.2) is 0 Å². The number of hydrogen-bond donors (Lipinski definition) is 1. The predicted octanol–water partition coefficient (Wildman–Crippen LogP) is 1.17. The van der Waals surface area contributed by atoms with Crippen LogP contribution in [0.3, 0.4) is 0 Å². The molecule has 18 heavy (non-hydrogen) atoms. The highest BCUT2D eigenvalue weighted by atomic mass is 32.2. The highest BCUT2D eigenvalue weighted by Gasteiger charge is 2.16. The largest absolute Gasteiger partial charge is 0.279 e. The van der Waals surface area contributed by atoms with E-state index >= 15 is 0 Å². The van der Waals surface area contributed by atoms with Gasteiger partial charge in [0.05, 0.1) is 6.07 Å². The number of aryl methyl sites for hydroxylation is 1. The Kier molecular flexibility index (Phi) is 5.28. The summed E-state index contributed by atoms with van der Waals surface area (Å²) in [6.45, 7) is 2.42. The maximum Gasteiger partial charge on any atom is 0.279 e. The highest BCUT2D eigenvalue weighted by Crippen LogP contribution is 2.04. The van der Waals surface area contributed by atoms with Crippen LogP contribution in [0.1, 0.15) is 17.5 Å². The quantitative estimate of drug-likeness (QED) is 0.841. The molecule has 5 nitrogen and oxygen atoms in total. The van der Waals surface area contributed by atoms with Gasteiger partial charge in [-0.05, 0) is 12.5 Å². The van der Waals surface area contributed by atoms with Crippen LogP contribution >= 0.6 is 0 Å². The van der Waals surface area contributed by atoms with E-state index in [0.29, 0.717) is 0 Å².